The van der Waals surface area contributed by atoms with Gasteiger partial charge in [0.25, 0.3) is 11.7 Å². The second kappa shape index (κ2) is 8.77. The molecule has 0 radical (unpaired) electrons. The van der Waals surface area contributed by atoms with Crippen LogP contribution in [0.1, 0.15) is 10.4 Å². The maximum Gasteiger partial charge on any atom is 0.341 e. The molecule has 1 N–H and O–H groups in total. The largest absolute Gasteiger partial charge is 0.452 e. The van der Waals surface area contributed by atoms with Crippen molar-refractivity contribution in [1.82, 2.24) is 0 Å². The van der Waals surface area contributed by atoms with Gasteiger partial charge in [0, 0.05) is 15.6 Å². The lowest BCUT2D eigenvalue weighted by Crippen LogP contribution is -2.21. The molecule has 2 aromatic rings. The molecule has 0 aliphatic carbocycles. The molecule has 2 aromatic carbocycles. The van der Waals surface area contributed by atoms with Crippen molar-refractivity contribution in [3.63, 3.8) is 0 Å². The van der Waals surface area contributed by atoms with Gasteiger partial charge in [-0.1, -0.05) is 23.4 Å². The van der Waals surface area contributed by atoms with Crippen LogP contribution in [0.5, 0.6) is 0 Å². The Bertz CT molecular complexity index is 772. The molecule has 0 saturated carbocycles. The summed E-state index contributed by atoms with van der Waals surface area (Å²) < 4.78 is 42.6. The third kappa shape index (κ3) is 5.99. The van der Waals surface area contributed by atoms with Crippen molar-refractivity contribution < 1.29 is 27.5 Å². The topological polar surface area (TPSA) is 55.4 Å². The molecule has 1 amide bonds. The lowest BCUT2D eigenvalue weighted by atomic mass is 10.2. The first-order chi connectivity index (χ1) is 11.8. The third-order valence-corrected chi connectivity index (χ3v) is 3.80. The second-order valence-electron chi connectivity index (χ2n) is 4.65. The Morgan fingerprint density at radius 2 is 1.84 bits per heavy atom. The van der Waals surface area contributed by atoms with Gasteiger partial charge in [-0.15, -0.1) is 0 Å². The summed E-state index contributed by atoms with van der Waals surface area (Å²) in [5.41, 5.74) is -0.0396. The third-order valence-electron chi connectivity index (χ3n) is 2.85. The summed E-state index contributed by atoms with van der Waals surface area (Å²) in [4.78, 5) is 23.8. The molecule has 0 aromatic heterocycles. The minimum atomic E-state index is -2.54. The van der Waals surface area contributed by atoms with Crippen LogP contribution in [0.15, 0.2) is 47.4 Å². The Morgan fingerprint density at radius 3 is 2.48 bits per heavy atom. The molecule has 0 fully saturated rings. The number of carbonyl (C=O) groups is 2. The van der Waals surface area contributed by atoms with E-state index in [1.165, 1.54) is 30.3 Å². The molecule has 132 valence electrons. The summed E-state index contributed by atoms with van der Waals surface area (Å²) in [6, 6.07) is 9.08. The predicted octanol–water partition coefficient (Wildman–Crippen LogP) is 4.59. The summed E-state index contributed by atoms with van der Waals surface area (Å²) in [6.07, 6.45) is 0. The number of rotatable bonds is 6. The molecule has 0 bridgehead atoms. The quantitative estimate of drug-likeness (QED) is 0.580. The number of benzene rings is 2. The van der Waals surface area contributed by atoms with Gasteiger partial charge in [0.05, 0.1) is 5.56 Å². The van der Waals surface area contributed by atoms with Gasteiger partial charge < -0.3 is 10.1 Å². The van der Waals surface area contributed by atoms with Gasteiger partial charge in [-0.05, 0) is 42.5 Å². The van der Waals surface area contributed by atoms with E-state index in [1.54, 1.807) is 0 Å². The highest BCUT2D eigenvalue weighted by Gasteiger charge is 2.15. The number of anilines is 1. The van der Waals surface area contributed by atoms with E-state index >= 15 is 0 Å². The number of hydrogen-bond acceptors (Lipinski definition) is 4. The predicted molar refractivity (Wildman–Crippen MR) is 88.6 cm³/mol. The minimum Gasteiger partial charge on any atom is -0.452 e. The normalized spacial score (nSPS) is 10.6. The van der Waals surface area contributed by atoms with Crippen LogP contribution in [0.2, 0.25) is 5.02 Å². The minimum absolute atomic E-state index is 0.152. The zero-order chi connectivity index (χ0) is 18.4. The van der Waals surface area contributed by atoms with Gasteiger partial charge in [0.15, 0.2) is 6.61 Å². The average molecular weight is 390 g/mol. The van der Waals surface area contributed by atoms with Crippen LogP contribution in [0, 0.1) is 5.82 Å². The van der Waals surface area contributed by atoms with Crippen molar-refractivity contribution in [3.05, 3.63) is 58.9 Å². The number of alkyl halides is 2. The molecule has 0 heterocycles. The van der Waals surface area contributed by atoms with Crippen LogP contribution >= 0.6 is 23.4 Å². The maximum atomic E-state index is 13.5. The Kier molecular flexibility index (Phi) is 6.72. The fourth-order valence-corrected chi connectivity index (χ4v) is 2.45. The van der Waals surface area contributed by atoms with Crippen molar-refractivity contribution in [2.24, 2.45) is 0 Å². The monoisotopic (exact) mass is 389 g/mol. The molecule has 0 spiro atoms. The van der Waals surface area contributed by atoms with Gasteiger partial charge in [0.2, 0.25) is 0 Å². The van der Waals surface area contributed by atoms with Crippen molar-refractivity contribution in [2.75, 3.05) is 11.9 Å². The number of nitrogens with one attached hydrogen (secondary N) is 1. The molecular formula is C16H11ClF3NO3S. The van der Waals surface area contributed by atoms with E-state index in [-0.39, 0.29) is 10.6 Å². The van der Waals surface area contributed by atoms with E-state index in [0.29, 0.717) is 22.3 Å². The van der Waals surface area contributed by atoms with Crippen molar-refractivity contribution in [1.29, 1.82) is 0 Å². The van der Waals surface area contributed by atoms with Crippen LogP contribution in [0.3, 0.4) is 0 Å². The number of halogens is 4. The number of ether oxygens (including phenoxy) is 1. The number of carbonyl (C=O) groups excluding carboxylic acids is 2. The van der Waals surface area contributed by atoms with Crippen LogP contribution in [0.4, 0.5) is 18.9 Å². The van der Waals surface area contributed by atoms with Crippen LogP contribution in [-0.2, 0) is 9.53 Å². The highest BCUT2D eigenvalue weighted by molar-refractivity contribution is 7.99. The first-order valence-electron chi connectivity index (χ1n) is 6.82. The van der Waals surface area contributed by atoms with Crippen molar-refractivity contribution in [2.45, 2.75) is 10.7 Å². The Morgan fingerprint density at radius 1 is 1.16 bits per heavy atom. The van der Waals surface area contributed by atoms with E-state index in [4.69, 9.17) is 16.3 Å². The van der Waals surface area contributed by atoms with Crippen LogP contribution in [-0.4, -0.2) is 24.2 Å². The first kappa shape index (κ1) is 19.1. The van der Waals surface area contributed by atoms with E-state index in [0.717, 1.165) is 12.1 Å². The zero-order valence-corrected chi connectivity index (χ0v) is 14.0. The van der Waals surface area contributed by atoms with Gasteiger partial charge >= 0.3 is 5.97 Å². The van der Waals surface area contributed by atoms with E-state index < -0.39 is 30.1 Å². The Balaban J connectivity index is 1.88. The standard InChI is InChI=1S/C16H11ClF3NO3S/c17-9-1-6-13(18)12(7-9)15(23)24-8-14(22)21-10-2-4-11(5-3-10)25-16(19)20/h1-7,16H,8H2,(H,21,22). The van der Waals surface area contributed by atoms with Crippen molar-refractivity contribution in [3.8, 4) is 0 Å². The van der Waals surface area contributed by atoms with Gasteiger partial charge in [-0.2, -0.15) is 8.78 Å². The zero-order valence-electron chi connectivity index (χ0n) is 12.5. The lowest BCUT2D eigenvalue weighted by molar-refractivity contribution is -0.119. The molecular weight excluding hydrogens is 379 g/mol. The Labute approximate surface area is 150 Å². The van der Waals surface area contributed by atoms with E-state index in [9.17, 15) is 22.8 Å². The summed E-state index contributed by atoms with van der Waals surface area (Å²) in [5, 5.41) is 2.57. The summed E-state index contributed by atoms with van der Waals surface area (Å²) in [5.74, 6) is -5.04. The second-order valence-corrected chi connectivity index (χ2v) is 6.15. The van der Waals surface area contributed by atoms with Gasteiger partial charge in [-0.25, -0.2) is 9.18 Å². The number of esters is 1. The molecule has 0 saturated heterocycles. The van der Waals surface area contributed by atoms with E-state index in [1.807, 2.05) is 0 Å². The molecule has 9 heteroatoms. The molecule has 25 heavy (non-hydrogen) atoms. The summed E-state index contributed by atoms with van der Waals surface area (Å²) in [7, 11) is 0. The molecule has 0 unspecified atom stereocenters. The molecule has 2 rings (SSSR count). The smallest absolute Gasteiger partial charge is 0.341 e. The van der Waals surface area contributed by atoms with E-state index in [2.05, 4.69) is 5.32 Å². The number of thioether (sulfide) groups is 1. The highest BCUT2D eigenvalue weighted by atomic mass is 35.5. The number of hydrogen-bond donors (Lipinski definition) is 1. The fourth-order valence-electron chi connectivity index (χ4n) is 1.78. The highest BCUT2D eigenvalue weighted by Crippen LogP contribution is 2.26. The lowest BCUT2D eigenvalue weighted by Gasteiger charge is -2.08. The first-order valence-corrected chi connectivity index (χ1v) is 8.08. The van der Waals surface area contributed by atoms with Crippen molar-refractivity contribution >= 4 is 40.9 Å². The molecule has 0 atom stereocenters. The number of amides is 1. The average Bonchev–Trinajstić information content (AvgIpc) is 2.56. The SMILES string of the molecule is O=C(COC(=O)c1cc(Cl)ccc1F)Nc1ccc(SC(F)F)cc1. The maximum absolute atomic E-state index is 13.5. The summed E-state index contributed by atoms with van der Waals surface area (Å²) in [6.45, 7) is -0.641. The Hall–Kier alpha value is -2.19. The van der Waals surface area contributed by atoms with Gasteiger partial charge in [0.1, 0.15) is 5.82 Å². The van der Waals surface area contributed by atoms with Crippen LogP contribution in [0.25, 0.3) is 0 Å². The molecule has 0 aliphatic rings. The molecule has 4 nitrogen and oxygen atoms in total. The fraction of sp³-hybridized carbons (Fsp3) is 0.125. The summed E-state index contributed by atoms with van der Waals surface area (Å²) >= 11 is 6.05. The van der Waals surface area contributed by atoms with Crippen LogP contribution < -0.4 is 5.32 Å². The van der Waals surface area contributed by atoms with Gasteiger partial charge in [-0.3, -0.25) is 4.79 Å². The molecule has 0 aliphatic heterocycles.